The van der Waals surface area contributed by atoms with Gasteiger partial charge in [-0.25, -0.2) is 9.97 Å². The van der Waals surface area contributed by atoms with E-state index in [2.05, 4.69) is 29.8 Å². The van der Waals surface area contributed by atoms with E-state index in [1.54, 1.807) is 36.4 Å². The predicted octanol–water partition coefficient (Wildman–Crippen LogP) is 6.68. The van der Waals surface area contributed by atoms with Gasteiger partial charge in [-0.15, -0.1) is 23.5 Å². The second-order valence-corrected chi connectivity index (χ2v) is 10.2. The molecule has 0 aliphatic heterocycles. The minimum absolute atomic E-state index is 0.133. The number of pyridine rings is 2. The van der Waals surface area contributed by atoms with Gasteiger partial charge in [-0.05, 0) is 48.3 Å². The van der Waals surface area contributed by atoms with E-state index in [1.165, 1.54) is 35.1 Å². The molecule has 184 valence electrons. The normalized spacial score (nSPS) is 9.84. The Bertz CT molecular complexity index is 1680. The minimum Gasteiger partial charge on any atom is -0.506 e. The average molecular weight is 585 g/mol. The maximum absolute atomic E-state index is 8.90. The van der Waals surface area contributed by atoms with E-state index in [0.717, 1.165) is 16.9 Å². The van der Waals surface area contributed by atoms with Gasteiger partial charge in [0.2, 0.25) is 5.39 Å². The summed E-state index contributed by atoms with van der Waals surface area (Å²) in [6.45, 7) is 0. The summed E-state index contributed by atoms with van der Waals surface area (Å²) in [5.41, 5.74) is 7.85. The highest BCUT2D eigenvalue weighted by molar-refractivity contribution is 7.98. The molecule has 3 N–H and O–H groups in total. The third kappa shape index (κ3) is 6.54. The number of benzene rings is 1. The van der Waals surface area contributed by atoms with Crippen LogP contribution < -0.4 is 5.73 Å². The maximum Gasteiger partial charge on any atom is 0.468 e. The van der Waals surface area contributed by atoms with E-state index in [9.17, 15) is 0 Å². The molecule has 4 aromatic heterocycles. The molecular formula is C22H15ClN9OS4+. The number of nitrogens with zero attached hydrogens (tertiary/aromatic N) is 8. The summed E-state index contributed by atoms with van der Waals surface area (Å²) in [5, 5.41) is 39.3. The van der Waals surface area contributed by atoms with Crippen molar-refractivity contribution in [2.45, 2.75) is 10.1 Å². The molecule has 10 nitrogen and oxygen atoms in total. The third-order valence-electron chi connectivity index (χ3n) is 4.45. The Balaban J connectivity index is 0.000000161. The number of phenolic OH excluding ortho intramolecular Hbond substituents is 1. The number of hydrogen-bond donors (Lipinski definition) is 2. The summed E-state index contributed by atoms with van der Waals surface area (Å²) in [5.74, 6) is 0.133. The molecular weight excluding hydrogens is 570 g/mol. The molecule has 5 aromatic rings. The quantitative estimate of drug-likeness (QED) is 0.167. The van der Waals surface area contributed by atoms with Crippen molar-refractivity contribution >= 4 is 90.3 Å². The van der Waals surface area contributed by atoms with Crippen LogP contribution in [0, 0.1) is 28.1 Å². The molecule has 0 spiro atoms. The molecule has 0 aliphatic rings. The molecule has 0 saturated carbocycles. The molecule has 0 amide bonds. The summed E-state index contributed by atoms with van der Waals surface area (Å²) in [6, 6.07) is 14.2. The van der Waals surface area contributed by atoms with Gasteiger partial charge in [0.1, 0.15) is 38.3 Å². The molecule has 0 atom stereocenters. The Labute approximate surface area is 232 Å². The Morgan fingerprint density at radius 3 is 1.97 bits per heavy atom. The standard InChI is InChI=1S/C8H4N5S2.C8H6N4S2.C6H5ClO/c1-14-7-4(3-9)2-5-6(11-7)13-15-8(5)12-10;1-13-8-4(3-9)2-5-6(10)14-12-7(5)11-8;7-5-3-1-2-4-6(5)8/h2H,1H3;2H,10H2,1H3;1-4,8H/q+1;;. The van der Waals surface area contributed by atoms with Crippen LogP contribution in [-0.2, 0) is 0 Å². The zero-order valence-corrected chi connectivity index (χ0v) is 23.1. The van der Waals surface area contributed by atoms with Crippen molar-refractivity contribution in [1.29, 1.82) is 15.9 Å². The van der Waals surface area contributed by atoms with Crippen LogP contribution in [0.5, 0.6) is 5.75 Å². The van der Waals surface area contributed by atoms with Crippen LogP contribution in [-0.4, -0.2) is 36.3 Å². The van der Waals surface area contributed by atoms with Gasteiger partial charge in [0.05, 0.1) is 33.1 Å². The highest BCUT2D eigenvalue weighted by Crippen LogP contribution is 2.32. The number of aromatic hydroxyl groups is 1. The smallest absolute Gasteiger partial charge is 0.468 e. The molecule has 0 fully saturated rings. The summed E-state index contributed by atoms with van der Waals surface area (Å²) >= 11 is 10.5. The summed E-state index contributed by atoms with van der Waals surface area (Å²) in [7, 11) is 0. The Kier molecular flexibility index (Phi) is 9.80. The van der Waals surface area contributed by atoms with Crippen LogP contribution in [0.1, 0.15) is 11.1 Å². The highest BCUT2D eigenvalue weighted by atomic mass is 35.5. The Morgan fingerprint density at radius 2 is 1.49 bits per heavy atom. The molecule has 5 rings (SSSR count). The van der Waals surface area contributed by atoms with Gasteiger partial charge in [-0.1, -0.05) is 23.7 Å². The van der Waals surface area contributed by atoms with Gasteiger partial charge in [-0.3, -0.25) is 0 Å². The highest BCUT2D eigenvalue weighted by Gasteiger charge is 2.20. The number of thioether (sulfide) groups is 2. The van der Waals surface area contributed by atoms with Crippen LogP contribution in [0.3, 0.4) is 0 Å². The number of phenols is 1. The van der Waals surface area contributed by atoms with E-state index in [0.29, 0.717) is 52.9 Å². The number of fused-ring (bicyclic) bond motifs is 2. The van der Waals surface area contributed by atoms with Crippen molar-refractivity contribution in [1.82, 2.24) is 18.7 Å². The number of hydrogen-bond acceptors (Lipinski definition) is 13. The van der Waals surface area contributed by atoms with Gasteiger partial charge < -0.3 is 10.8 Å². The molecule has 0 bridgehead atoms. The lowest BCUT2D eigenvalue weighted by atomic mass is 10.2. The number of aromatic nitrogens is 4. The van der Waals surface area contributed by atoms with Crippen LogP contribution in [0.2, 0.25) is 5.02 Å². The minimum atomic E-state index is 0.133. The van der Waals surface area contributed by atoms with Gasteiger partial charge in [0.15, 0.2) is 16.3 Å². The zero-order chi connectivity index (χ0) is 26.9. The van der Waals surface area contributed by atoms with E-state index in [1.807, 2.05) is 18.6 Å². The number of nitriles is 2. The molecule has 0 aliphatic carbocycles. The van der Waals surface area contributed by atoms with Gasteiger partial charge in [-0.2, -0.15) is 19.3 Å². The van der Waals surface area contributed by atoms with Crippen molar-refractivity contribution in [2.75, 3.05) is 18.2 Å². The number of rotatable bonds is 2. The summed E-state index contributed by atoms with van der Waals surface area (Å²) in [4.78, 5) is 11.5. The topological polar surface area (TPSA) is 174 Å². The lowest BCUT2D eigenvalue weighted by molar-refractivity contribution is 0.475. The number of nitrogen functional groups attached to an aromatic ring is 1. The largest absolute Gasteiger partial charge is 0.506 e. The fraction of sp³-hybridized carbons (Fsp3) is 0.0909. The lowest BCUT2D eigenvalue weighted by Crippen LogP contribution is -1.88. The average Bonchev–Trinajstić information content (AvgIpc) is 3.51. The number of nitrogens with two attached hydrogens (primary N) is 1. The fourth-order valence-electron chi connectivity index (χ4n) is 2.72. The van der Waals surface area contributed by atoms with Crippen molar-refractivity contribution in [3.05, 3.63) is 57.5 Å². The van der Waals surface area contributed by atoms with E-state index < -0.39 is 0 Å². The van der Waals surface area contributed by atoms with Crippen LogP contribution in [0.25, 0.3) is 27.0 Å². The fourth-order valence-corrected chi connectivity index (χ4v) is 5.03. The zero-order valence-electron chi connectivity index (χ0n) is 19.1. The van der Waals surface area contributed by atoms with Crippen molar-refractivity contribution in [2.24, 2.45) is 0 Å². The number of para-hydroxylation sites is 1. The molecule has 0 saturated heterocycles. The molecule has 15 heteroatoms. The van der Waals surface area contributed by atoms with E-state index >= 15 is 0 Å². The molecule has 37 heavy (non-hydrogen) atoms. The van der Waals surface area contributed by atoms with E-state index in [4.69, 9.17) is 38.4 Å². The van der Waals surface area contributed by atoms with Crippen molar-refractivity contribution in [3.8, 4) is 17.9 Å². The first kappa shape index (κ1) is 27.9. The molecule has 0 radical (unpaired) electrons. The number of anilines is 1. The first-order valence-electron chi connectivity index (χ1n) is 9.89. The maximum atomic E-state index is 8.90. The summed E-state index contributed by atoms with van der Waals surface area (Å²) in [6.07, 6.45) is 3.73. The molecule has 1 aromatic carbocycles. The van der Waals surface area contributed by atoms with Crippen LogP contribution in [0.15, 0.2) is 46.5 Å². The van der Waals surface area contributed by atoms with Crippen molar-refractivity contribution in [3.63, 3.8) is 0 Å². The Morgan fingerprint density at radius 1 is 0.946 bits per heavy atom. The summed E-state index contributed by atoms with van der Waals surface area (Å²) < 4.78 is 8.11. The number of halogens is 1. The first-order valence-corrected chi connectivity index (χ1v) is 14.3. The third-order valence-corrected chi connectivity index (χ3v) is 7.59. The second-order valence-electron chi connectivity index (χ2n) is 6.64. The van der Waals surface area contributed by atoms with Gasteiger partial charge in [0.25, 0.3) is 0 Å². The molecule has 4 heterocycles. The number of diazo groups is 1. The van der Waals surface area contributed by atoms with Crippen LogP contribution in [0.4, 0.5) is 10.0 Å². The predicted molar refractivity (Wildman–Crippen MR) is 150 cm³/mol. The lowest BCUT2D eigenvalue weighted by Gasteiger charge is -1.98. The van der Waals surface area contributed by atoms with Crippen LogP contribution >= 0.6 is 58.2 Å². The second kappa shape index (κ2) is 13.0. The SMILES string of the molecule is CSc1nc2nsc(N)c2cc1C#N.CSc1nc2nsc([N+]#N)c2cc1C#N.Oc1ccccc1Cl. The monoisotopic (exact) mass is 584 g/mol. The van der Waals surface area contributed by atoms with Gasteiger partial charge in [0, 0.05) is 0 Å². The van der Waals surface area contributed by atoms with Crippen molar-refractivity contribution < 1.29 is 5.11 Å². The van der Waals surface area contributed by atoms with E-state index in [-0.39, 0.29) is 5.75 Å². The first-order chi connectivity index (χ1) is 17.9. The molecule has 0 unspecified atom stereocenters. The van der Waals surface area contributed by atoms with Gasteiger partial charge >= 0.3 is 5.00 Å². The Hall–Kier alpha value is -3.71.